The average molecular weight is 298 g/mol. The summed E-state index contributed by atoms with van der Waals surface area (Å²) in [7, 11) is 2.00. The number of phenolic OH excluding ortho intramolecular Hbond substituents is 1. The van der Waals surface area contributed by atoms with Gasteiger partial charge < -0.3 is 16.2 Å². The zero-order chi connectivity index (χ0) is 14.9. The molecule has 2 rings (SSSR count). The quantitative estimate of drug-likeness (QED) is 0.745. The van der Waals surface area contributed by atoms with Crippen LogP contribution in [-0.2, 0) is 4.79 Å². The van der Waals surface area contributed by atoms with Gasteiger partial charge in [0, 0.05) is 30.1 Å². The number of nitrogens with one attached hydrogen (secondary N) is 1. The molecule has 2 atom stereocenters. The number of aromatic hydroxyl groups is 1. The molecule has 1 fully saturated rings. The van der Waals surface area contributed by atoms with Gasteiger partial charge in [-0.1, -0.05) is 11.6 Å². The number of hydrogen-bond donors (Lipinski definition) is 3. The van der Waals surface area contributed by atoms with E-state index in [0.717, 1.165) is 18.5 Å². The van der Waals surface area contributed by atoms with Crippen LogP contribution in [0.25, 0.3) is 0 Å². The van der Waals surface area contributed by atoms with Crippen molar-refractivity contribution >= 4 is 23.2 Å². The number of hydrogen-bond acceptors (Lipinski definition) is 4. The zero-order valence-electron chi connectivity index (χ0n) is 11.7. The first kappa shape index (κ1) is 15.1. The minimum atomic E-state index is -0.236. The summed E-state index contributed by atoms with van der Waals surface area (Å²) < 4.78 is 0. The first-order chi connectivity index (χ1) is 9.43. The van der Waals surface area contributed by atoms with E-state index in [1.807, 2.05) is 7.05 Å². The largest absolute Gasteiger partial charge is 0.506 e. The molecule has 0 spiro atoms. The Hall–Kier alpha value is -1.30. The number of carbonyl (C=O) groups excluding carboxylic acids is 1. The van der Waals surface area contributed by atoms with Crippen LogP contribution in [0.4, 0.5) is 5.69 Å². The van der Waals surface area contributed by atoms with Crippen molar-refractivity contribution in [3.05, 3.63) is 22.7 Å². The van der Waals surface area contributed by atoms with Gasteiger partial charge >= 0.3 is 0 Å². The van der Waals surface area contributed by atoms with E-state index in [-0.39, 0.29) is 17.7 Å². The Morgan fingerprint density at radius 2 is 2.30 bits per heavy atom. The number of benzene rings is 1. The van der Waals surface area contributed by atoms with E-state index in [9.17, 15) is 9.90 Å². The van der Waals surface area contributed by atoms with Crippen molar-refractivity contribution in [3.63, 3.8) is 0 Å². The SMILES string of the molecule is CC(=O)Nc1c(O)ccc(Cl)c1C1CC(CN)CN1C. The minimum absolute atomic E-state index is 0.0317. The molecule has 20 heavy (non-hydrogen) atoms. The maximum Gasteiger partial charge on any atom is 0.221 e. The predicted octanol–water partition coefficient (Wildman–Crippen LogP) is 1.96. The van der Waals surface area contributed by atoms with Crippen molar-refractivity contribution in [2.24, 2.45) is 11.7 Å². The Balaban J connectivity index is 2.44. The van der Waals surface area contributed by atoms with Gasteiger partial charge in [-0.05, 0) is 38.1 Å². The van der Waals surface area contributed by atoms with Crippen molar-refractivity contribution in [3.8, 4) is 5.75 Å². The topological polar surface area (TPSA) is 78.6 Å². The Labute approximate surface area is 123 Å². The van der Waals surface area contributed by atoms with Crippen molar-refractivity contribution in [1.29, 1.82) is 0 Å². The zero-order valence-corrected chi connectivity index (χ0v) is 12.4. The van der Waals surface area contributed by atoms with Crippen LogP contribution in [0.1, 0.15) is 24.9 Å². The van der Waals surface area contributed by atoms with E-state index in [2.05, 4.69) is 10.2 Å². The van der Waals surface area contributed by atoms with Crippen LogP contribution in [0.2, 0.25) is 5.02 Å². The highest BCUT2D eigenvalue weighted by molar-refractivity contribution is 6.32. The molecule has 0 bridgehead atoms. The maximum atomic E-state index is 11.3. The third-order valence-corrected chi connectivity index (χ3v) is 4.10. The van der Waals surface area contributed by atoms with E-state index >= 15 is 0 Å². The molecule has 4 N–H and O–H groups in total. The molecule has 2 unspecified atom stereocenters. The lowest BCUT2D eigenvalue weighted by Crippen LogP contribution is -2.21. The maximum absolute atomic E-state index is 11.3. The number of nitrogens with zero attached hydrogens (tertiary/aromatic N) is 1. The van der Waals surface area contributed by atoms with Gasteiger partial charge in [-0.25, -0.2) is 0 Å². The van der Waals surface area contributed by atoms with Crippen LogP contribution in [0.5, 0.6) is 5.75 Å². The number of amides is 1. The lowest BCUT2D eigenvalue weighted by molar-refractivity contribution is -0.114. The Kier molecular flexibility index (Phi) is 4.52. The number of nitrogens with two attached hydrogens (primary N) is 1. The van der Waals surface area contributed by atoms with E-state index < -0.39 is 0 Å². The fourth-order valence-corrected chi connectivity index (χ4v) is 3.11. The summed E-state index contributed by atoms with van der Waals surface area (Å²) in [6.45, 7) is 2.91. The molecular weight excluding hydrogens is 278 g/mol. The number of phenols is 1. The fourth-order valence-electron chi connectivity index (χ4n) is 2.83. The number of rotatable bonds is 3. The Morgan fingerprint density at radius 1 is 1.60 bits per heavy atom. The van der Waals surface area contributed by atoms with Gasteiger partial charge in [0.2, 0.25) is 5.91 Å². The predicted molar refractivity (Wildman–Crippen MR) is 80.0 cm³/mol. The molecule has 110 valence electrons. The van der Waals surface area contributed by atoms with Gasteiger partial charge in [-0.3, -0.25) is 9.69 Å². The minimum Gasteiger partial charge on any atom is -0.506 e. The van der Waals surface area contributed by atoms with Crippen molar-refractivity contribution in [1.82, 2.24) is 4.90 Å². The highest BCUT2D eigenvalue weighted by Crippen LogP contribution is 2.44. The van der Waals surface area contributed by atoms with Crippen LogP contribution in [0.15, 0.2) is 12.1 Å². The number of anilines is 1. The first-order valence-corrected chi connectivity index (χ1v) is 7.01. The molecule has 0 aromatic heterocycles. The van der Waals surface area contributed by atoms with Gasteiger partial charge in [0.15, 0.2) is 0 Å². The summed E-state index contributed by atoms with van der Waals surface area (Å²) >= 11 is 6.30. The summed E-state index contributed by atoms with van der Waals surface area (Å²) in [6, 6.07) is 3.19. The summed E-state index contributed by atoms with van der Waals surface area (Å²) in [6.07, 6.45) is 0.864. The highest BCUT2D eigenvalue weighted by Gasteiger charge is 2.33. The summed E-state index contributed by atoms with van der Waals surface area (Å²) in [5.74, 6) is 0.192. The standard InChI is InChI=1S/C14H20ClN3O2/c1-8(19)17-14-12(20)4-3-10(15)13(14)11-5-9(6-16)7-18(11)2/h3-4,9,11,20H,5-7,16H2,1-2H3,(H,17,19). The molecule has 1 amide bonds. The van der Waals surface area contributed by atoms with Crippen molar-refractivity contribution < 1.29 is 9.90 Å². The van der Waals surface area contributed by atoms with E-state index in [0.29, 0.717) is 23.2 Å². The lowest BCUT2D eigenvalue weighted by Gasteiger charge is -2.24. The van der Waals surface area contributed by atoms with Gasteiger partial charge in [0.05, 0.1) is 5.69 Å². The Morgan fingerprint density at radius 3 is 2.85 bits per heavy atom. The second-order valence-electron chi connectivity index (χ2n) is 5.33. The van der Waals surface area contributed by atoms with Crippen LogP contribution < -0.4 is 11.1 Å². The lowest BCUT2D eigenvalue weighted by atomic mass is 9.97. The molecule has 1 saturated heterocycles. The smallest absolute Gasteiger partial charge is 0.221 e. The molecule has 1 aromatic carbocycles. The third-order valence-electron chi connectivity index (χ3n) is 3.77. The van der Waals surface area contributed by atoms with E-state index in [1.165, 1.54) is 13.0 Å². The summed E-state index contributed by atoms with van der Waals surface area (Å²) in [5, 5.41) is 13.2. The number of likely N-dealkylation sites (tertiary alicyclic amines) is 1. The second kappa shape index (κ2) is 5.99. The molecule has 1 aliphatic rings. The number of halogens is 1. The van der Waals surface area contributed by atoms with Crippen LogP contribution in [-0.4, -0.2) is 36.1 Å². The third kappa shape index (κ3) is 2.90. The highest BCUT2D eigenvalue weighted by atomic mass is 35.5. The molecule has 0 radical (unpaired) electrons. The van der Waals surface area contributed by atoms with Gasteiger partial charge in [0.1, 0.15) is 5.75 Å². The normalized spacial score (nSPS) is 23.0. The Bertz CT molecular complexity index is 521. The van der Waals surface area contributed by atoms with Gasteiger partial charge in [-0.15, -0.1) is 0 Å². The number of carbonyl (C=O) groups is 1. The summed E-state index contributed by atoms with van der Waals surface area (Å²) in [5.41, 5.74) is 6.91. The monoisotopic (exact) mass is 297 g/mol. The first-order valence-electron chi connectivity index (χ1n) is 6.63. The second-order valence-corrected chi connectivity index (χ2v) is 5.74. The van der Waals surface area contributed by atoms with Crippen LogP contribution in [0.3, 0.4) is 0 Å². The molecule has 0 saturated carbocycles. The van der Waals surface area contributed by atoms with Gasteiger partial charge in [-0.2, -0.15) is 0 Å². The van der Waals surface area contributed by atoms with Crippen molar-refractivity contribution in [2.75, 3.05) is 25.5 Å². The van der Waals surface area contributed by atoms with Gasteiger partial charge in [0.25, 0.3) is 0 Å². The molecule has 1 heterocycles. The molecule has 5 nitrogen and oxygen atoms in total. The molecule has 0 aliphatic carbocycles. The molecular formula is C14H20ClN3O2. The van der Waals surface area contributed by atoms with E-state index in [1.54, 1.807) is 6.07 Å². The van der Waals surface area contributed by atoms with Crippen LogP contribution >= 0.6 is 11.6 Å². The summed E-state index contributed by atoms with van der Waals surface area (Å²) in [4.78, 5) is 13.5. The van der Waals surface area contributed by atoms with Crippen LogP contribution in [0, 0.1) is 5.92 Å². The molecule has 1 aromatic rings. The average Bonchev–Trinajstić information content (AvgIpc) is 2.75. The van der Waals surface area contributed by atoms with E-state index in [4.69, 9.17) is 17.3 Å². The molecule has 1 aliphatic heterocycles. The molecule has 6 heteroatoms. The van der Waals surface area contributed by atoms with Crippen molar-refractivity contribution in [2.45, 2.75) is 19.4 Å². The fraction of sp³-hybridized carbons (Fsp3) is 0.500.